The van der Waals surface area contributed by atoms with E-state index in [1.807, 2.05) is 30.3 Å². The van der Waals surface area contributed by atoms with Gasteiger partial charge in [-0.2, -0.15) is 0 Å². The van der Waals surface area contributed by atoms with Crippen molar-refractivity contribution in [3.05, 3.63) is 57.5 Å². The van der Waals surface area contributed by atoms with Gasteiger partial charge in [-0.25, -0.2) is 0 Å². The first-order valence-electron chi connectivity index (χ1n) is 7.01. The first kappa shape index (κ1) is 16.8. The highest BCUT2D eigenvalue weighted by molar-refractivity contribution is 9.10. The van der Waals surface area contributed by atoms with Crippen LogP contribution in [0.25, 0.3) is 0 Å². The summed E-state index contributed by atoms with van der Waals surface area (Å²) in [5, 5.41) is 3.29. The van der Waals surface area contributed by atoms with Crippen LogP contribution in [0, 0.1) is 0 Å². The summed E-state index contributed by atoms with van der Waals surface area (Å²) in [5.41, 5.74) is 1.98. The molecule has 1 N–H and O–H groups in total. The average Bonchev–Trinajstić information content (AvgIpc) is 2.50. The van der Waals surface area contributed by atoms with Gasteiger partial charge in [-0.05, 0) is 49.2 Å². The highest BCUT2D eigenvalue weighted by atomic mass is 79.9. The molecule has 0 aliphatic carbocycles. The van der Waals surface area contributed by atoms with Crippen molar-refractivity contribution in [2.75, 3.05) is 5.32 Å². The number of ether oxygens (including phenoxy) is 1. The van der Waals surface area contributed by atoms with Gasteiger partial charge in [0.15, 0.2) is 6.10 Å². The lowest BCUT2D eigenvalue weighted by molar-refractivity contribution is -0.122. The molecule has 0 aromatic heterocycles. The highest BCUT2D eigenvalue weighted by Crippen LogP contribution is 2.28. The molecule has 0 bridgehead atoms. The van der Waals surface area contributed by atoms with Crippen molar-refractivity contribution in [3.63, 3.8) is 0 Å². The Balaban J connectivity index is 1.99. The Morgan fingerprint density at radius 3 is 2.55 bits per heavy atom. The zero-order chi connectivity index (χ0) is 16.1. The second-order valence-electron chi connectivity index (χ2n) is 4.87. The molecule has 0 aliphatic rings. The first-order valence-corrected chi connectivity index (χ1v) is 8.18. The molecule has 0 saturated carbocycles. The average molecular weight is 383 g/mol. The molecule has 0 heterocycles. The van der Waals surface area contributed by atoms with Gasteiger partial charge in [-0.3, -0.25) is 4.79 Å². The van der Waals surface area contributed by atoms with E-state index in [0.29, 0.717) is 10.8 Å². The number of hydrogen-bond acceptors (Lipinski definition) is 2. The third-order valence-electron chi connectivity index (χ3n) is 3.20. The maximum Gasteiger partial charge on any atom is 0.265 e. The summed E-state index contributed by atoms with van der Waals surface area (Å²) in [7, 11) is 0. The van der Waals surface area contributed by atoms with Gasteiger partial charge in [0.05, 0.1) is 5.02 Å². The van der Waals surface area contributed by atoms with E-state index >= 15 is 0 Å². The molecule has 0 spiro atoms. The Hall–Kier alpha value is -1.52. The van der Waals surface area contributed by atoms with E-state index in [9.17, 15) is 4.79 Å². The van der Waals surface area contributed by atoms with Gasteiger partial charge in [0.25, 0.3) is 5.91 Å². The number of amides is 1. The van der Waals surface area contributed by atoms with Crippen molar-refractivity contribution >= 4 is 39.1 Å². The van der Waals surface area contributed by atoms with Crippen molar-refractivity contribution in [3.8, 4) is 5.75 Å². The van der Waals surface area contributed by atoms with Crippen LogP contribution in [0.1, 0.15) is 19.4 Å². The van der Waals surface area contributed by atoms with E-state index in [1.54, 1.807) is 19.1 Å². The number of anilines is 1. The topological polar surface area (TPSA) is 38.3 Å². The predicted molar refractivity (Wildman–Crippen MR) is 93.7 cm³/mol. The highest BCUT2D eigenvalue weighted by Gasteiger charge is 2.16. The van der Waals surface area contributed by atoms with Crippen molar-refractivity contribution in [1.82, 2.24) is 0 Å². The molecule has 2 aromatic carbocycles. The number of carbonyl (C=O) groups excluding carboxylic acids is 1. The SMILES string of the molecule is CCc1ccc(NC(=O)C(C)Oc2ccc(Br)cc2Cl)cc1. The van der Waals surface area contributed by atoms with Crippen LogP contribution in [0.15, 0.2) is 46.9 Å². The molecule has 0 fully saturated rings. The van der Waals surface area contributed by atoms with Crippen molar-refractivity contribution in [2.24, 2.45) is 0 Å². The Kier molecular flexibility index (Phi) is 5.86. The summed E-state index contributed by atoms with van der Waals surface area (Å²) in [4.78, 5) is 12.2. The van der Waals surface area contributed by atoms with Crippen molar-refractivity contribution in [1.29, 1.82) is 0 Å². The van der Waals surface area contributed by atoms with E-state index < -0.39 is 6.10 Å². The normalized spacial score (nSPS) is 11.8. The number of nitrogens with one attached hydrogen (secondary N) is 1. The number of carbonyl (C=O) groups is 1. The third-order valence-corrected chi connectivity index (χ3v) is 3.99. The summed E-state index contributed by atoms with van der Waals surface area (Å²) in [5.74, 6) is 0.261. The Morgan fingerprint density at radius 2 is 1.95 bits per heavy atom. The van der Waals surface area contributed by atoms with Crippen LogP contribution in [0.2, 0.25) is 5.02 Å². The molecule has 0 radical (unpaired) electrons. The zero-order valence-corrected chi connectivity index (χ0v) is 14.7. The number of hydrogen-bond donors (Lipinski definition) is 1. The Bertz CT molecular complexity index is 658. The van der Waals surface area contributed by atoms with E-state index in [2.05, 4.69) is 28.2 Å². The van der Waals surface area contributed by atoms with Gasteiger partial charge >= 0.3 is 0 Å². The molecule has 1 unspecified atom stereocenters. The predicted octanol–water partition coefficient (Wildman–Crippen LogP) is 5.07. The lowest BCUT2D eigenvalue weighted by Gasteiger charge is -2.16. The minimum atomic E-state index is -0.649. The number of aryl methyl sites for hydroxylation is 1. The van der Waals surface area contributed by atoms with E-state index in [1.165, 1.54) is 5.56 Å². The Labute approximate surface area is 143 Å². The number of rotatable bonds is 5. The van der Waals surface area contributed by atoms with Crippen LogP contribution >= 0.6 is 27.5 Å². The van der Waals surface area contributed by atoms with Gasteiger partial charge < -0.3 is 10.1 Å². The van der Waals surface area contributed by atoms with Crippen LogP contribution < -0.4 is 10.1 Å². The van der Waals surface area contributed by atoms with Gasteiger partial charge in [0.2, 0.25) is 0 Å². The quantitative estimate of drug-likeness (QED) is 0.784. The van der Waals surface area contributed by atoms with Crippen LogP contribution in [0.4, 0.5) is 5.69 Å². The minimum Gasteiger partial charge on any atom is -0.479 e. The Morgan fingerprint density at radius 1 is 1.27 bits per heavy atom. The molecule has 2 aromatic rings. The summed E-state index contributed by atoms with van der Waals surface area (Å²) in [6.07, 6.45) is 0.319. The lowest BCUT2D eigenvalue weighted by Crippen LogP contribution is -2.30. The smallest absolute Gasteiger partial charge is 0.265 e. The fraction of sp³-hybridized carbons (Fsp3) is 0.235. The van der Waals surface area contributed by atoms with Gasteiger partial charge in [-0.15, -0.1) is 0 Å². The van der Waals surface area contributed by atoms with Crippen molar-refractivity contribution < 1.29 is 9.53 Å². The summed E-state index contributed by atoms with van der Waals surface area (Å²) in [6.45, 7) is 3.78. The molecule has 2 rings (SSSR count). The maximum absolute atomic E-state index is 12.2. The molecule has 22 heavy (non-hydrogen) atoms. The summed E-state index contributed by atoms with van der Waals surface area (Å²) < 4.78 is 6.47. The first-order chi connectivity index (χ1) is 10.5. The monoisotopic (exact) mass is 381 g/mol. The van der Waals surface area contributed by atoms with Crippen LogP contribution in [0.3, 0.4) is 0 Å². The molecule has 0 saturated heterocycles. The maximum atomic E-state index is 12.2. The molecule has 5 heteroatoms. The third kappa shape index (κ3) is 4.49. The van der Waals surface area contributed by atoms with Crippen LogP contribution in [0.5, 0.6) is 5.75 Å². The second-order valence-corrected chi connectivity index (χ2v) is 6.20. The molecule has 3 nitrogen and oxygen atoms in total. The van der Waals surface area contributed by atoms with Crippen LogP contribution in [-0.2, 0) is 11.2 Å². The fourth-order valence-corrected chi connectivity index (χ4v) is 2.60. The molecule has 1 atom stereocenters. The fourth-order valence-electron chi connectivity index (χ4n) is 1.88. The van der Waals surface area contributed by atoms with Crippen LogP contribution in [-0.4, -0.2) is 12.0 Å². The van der Waals surface area contributed by atoms with Gasteiger partial charge in [-0.1, -0.05) is 46.6 Å². The molecular weight excluding hydrogens is 366 g/mol. The zero-order valence-electron chi connectivity index (χ0n) is 12.4. The largest absolute Gasteiger partial charge is 0.479 e. The van der Waals surface area contributed by atoms with Gasteiger partial charge in [0.1, 0.15) is 5.75 Å². The van der Waals surface area contributed by atoms with Crippen molar-refractivity contribution in [2.45, 2.75) is 26.4 Å². The van der Waals surface area contributed by atoms with E-state index in [0.717, 1.165) is 16.6 Å². The molecule has 1 amide bonds. The van der Waals surface area contributed by atoms with Gasteiger partial charge in [0, 0.05) is 10.2 Å². The molecule has 0 aliphatic heterocycles. The minimum absolute atomic E-state index is 0.219. The lowest BCUT2D eigenvalue weighted by atomic mass is 10.1. The standard InChI is InChI=1S/C17H17BrClNO2/c1-3-12-4-7-14(8-5-12)20-17(21)11(2)22-16-9-6-13(18)10-15(16)19/h4-11H,3H2,1-2H3,(H,20,21). The number of halogens is 2. The summed E-state index contributed by atoms with van der Waals surface area (Å²) in [6, 6.07) is 13.0. The second kappa shape index (κ2) is 7.65. The van der Waals surface area contributed by atoms with E-state index in [-0.39, 0.29) is 5.91 Å². The summed E-state index contributed by atoms with van der Waals surface area (Å²) >= 11 is 9.41. The van der Waals surface area contributed by atoms with E-state index in [4.69, 9.17) is 16.3 Å². The molecule has 116 valence electrons. The molecular formula is C17H17BrClNO2. The number of benzene rings is 2.